The number of anilines is 1. The van der Waals surface area contributed by atoms with Crippen molar-refractivity contribution < 1.29 is 22.1 Å². The van der Waals surface area contributed by atoms with Crippen molar-refractivity contribution in [1.29, 1.82) is 0 Å². The third-order valence-corrected chi connectivity index (χ3v) is 7.02. The first-order chi connectivity index (χ1) is 16.2. The van der Waals surface area contributed by atoms with Crippen molar-refractivity contribution in [2.75, 3.05) is 4.72 Å². The van der Waals surface area contributed by atoms with E-state index >= 15 is 0 Å². The van der Waals surface area contributed by atoms with Crippen LogP contribution in [-0.4, -0.2) is 34.2 Å². The van der Waals surface area contributed by atoms with Crippen molar-refractivity contribution in [3.05, 3.63) is 83.5 Å². The van der Waals surface area contributed by atoms with Gasteiger partial charge in [-0.05, 0) is 42.3 Å². The van der Waals surface area contributed by atoms with Gasteiger partial charge in [-0.15, -0.1) is 0 Å². The summed E-state index contributed by atoms with van der Waals surface area (Å²) in [5.41, 5.74) is 3.84. The number of aryl methyl sites for hydroxylation is 1. The third kappa shape index (κ3) is 3.83. The Labute approximate surface area is 194 Å². The number of hydrogen-bond acceptors (Lipinski definition) is 6. The van der Waals surface area contributed by atoms with E-state index in [0.29, 0.717) is 30.6 Å². The first-order valence-electron chi connectivity index (χ1n) is 10.4. The Morgan fingerprint density at radius 1 is 1.29 bits per heavy atom. The highest BCUT2D eigenvalue weighted by atomic mass is 32.2. The molecule has 5 rings (SSSR count). The van der Waals surface area contributed by atoms with Gasteiger partial charge in [-0.1, -0.05) is 29.9 Å². The Balaban J connectivity index is 1.38. The van der Waals surface area contributed by atoms with Gasteiger partial charge in [0.25, 0.3) is 10.0 Å². The first-order valence-corrected chi connectivity index (χ1v) is 11.9. The molecule has 2 aromatic heterocycles. The fourth-order valence-corrected chi connectivity index (χ4v) is 5.20. The summed E-state index contributed by atoms with van der Waals surface area (Å²) < 4.78 is 48.8. The quantitative estimate of drug-likeness (QED) is 0.423. The zero-order valence-electron chi connectivity index (χ0n) is 18.2. The molecule has 0 aliphatic carbocycles. The number of aromatic nitrogens is 3. The van der Waals surface area contributed by atoms with Crippen molar-refractivity contribution in [3.63, 3.8) is 0 Å². The summed E-state index contributed by atoms with van der Waals surface area (Å²) >= 11 is 0. The highest BCUT2D eigenvalue weighted by Gasteiger charge is 2.26. The standard InChI is InChI=1S/C23H20FN5O4S/c1-3-21(30)28-11-16-12-29(25-18(16)13-28)10-15-8-14(2)22-19(9-15)33-26-23(22)27-34(31,32)20-7-5-4-6-17(20)24/h3-9,12H,1,10-11,13H2,2H3,(H,26,27). The SMILES string of the molecule is C=CC(=O)N1Cc2cn(Cc3cc(C)c4c(NS(=O)(=O)c5ccccc5F)noc4c3)nc2C1. The first kappa shape index (κ1) is 21.8. The molecule has 0 atom stereocenters. The van der Waals surface area contributed by atoms with Gasteiger partial charge in [0.05, 0.1) is 24.2 Å². The lowest BCUT2D eigenvalue weighted by Crippen LogP contribution is -2.23. The van der Waals surface area contributed by atoms with Gasteiger partial charge >= 0.3 is 0 Å². The van der Waals surface area contributed by atoms with Crippen LogP contribution in [0.4, 0.5) is 10.2 Å². The minimum absolute atomic E-state index is 0.00709. The van der Waals surface area contributed by atoms with E-state index in [2.05, 4.69) is 21.6 Å². The lowest BCUT2D eigenvalue weighted by atomic mass is 10.1. The number of sulfonamides is 1. The van der Waals surface area contributed by atoms with Gasteiger partial charge in [0, 0.05) is 18.3 Å². The molecule has 0 fully saturated rings. The maximum absolute atomic E-state index is 14.0. The van der Waals surface area contributed by atoms with Crippen molar-refractivity contribution in [2.45, 2.75) is 31.5 Å². The Morgan fingerprint density at radius 3 is 2.82 bits per heavy atom. The third-order valence-electron chi connectivity index (χ3n) is 5.65. The van der Waals surface area contributed by atoms with E-state index in [1.165, 1.54) is 24.3 Å². The van der Waals surface area contributed by atoms with Gasteiger partial charge in [0.1, 0.15) is 10.7 Å². The summed E-state index contributed by atoms with van der Waals surface area (Å²) in [6.07, 6.45) is 3.19. The van der Waals surface area contributed by atoms with Crippen LogP contribution in [0.3, 0.4) is 0 Å². The van der Waals surface area contributed by atoms with E-state index in [4.69, 9.17) is 4.52 Å². The Morgan fingerprint density at radius 2 is 2.09 bits per heavy atom. The van der Waals surface area contributed by atoms with Gasteiger partial charge in [0.15, 0.2) is 11.4 Å². The fourth-order valence-electron chi connectivity index (χ4n) is 4.11. The molecule has 4 aromatic rings. The lowest BCUT2D eigenvalue weighted by Gasteiger charge is -2.12. The molecule has 174 valence electrons. The second kappa shape index (κ2) is 8.10. The number of amides is 1. The van der Waals surface area contributed by atoms with Crippen LogP contribution in [0.2, 0.25) is 0 Å². The van der Waals surface area contributed by atoms with Crippen LogP contribution in [0.15, 0.2) is 64.7 Å². The molecule has 1 amide bonds. The molecule has 0 saturated heterocycles. The molecule has 0 saturated carbocycles. The van der Waals surface area contributed by atoms with Crippen LogP contribution in [0.5, 0.6) is 0 Å². The Kier molecular flexibility index (Phi) is 5.20. The van der Waals surface area contributed by atoms with Crippen LogP contribution < -0.4 is 4.72 Å². The van der Waals surface area contributed by atoms with E-state index in [9.17, 15) is 17.6 Å². The van der Waals surface area contributed by atoms with Crippen molar-refractivity contribution in [2.24, 2.45) is 0 Å². The normalized spacial score (nSPS) is 13.3. The number of nitrogens with zero attached hydrogens (tertiary/aromatic N) is 4. The summed E-state index contributed by atoms with van der Waals surface area (Å²) in [4.78, 5) is 13.0. The molecular weight excluding hydrogens is 461 g/mol. The molecule has 1 N–H and O–H groups in total. The van der Waals surface area contributed by atoms with E-state index in [-0.39, 0.29) is 11.7 Å². The average Bonchev–Trinajstić information content (AvgIpc) is 3.47. The Hall–Kier alpha value is -3.99. The molecule has 11 heteroatoms. The summed E-state index contributed by atoms with van der Waals surface area (Å²) in [5, 5.41) is 8.93. The molecule has 1 aliphatic heterocycles. The lowest BCUT2D eigenvalue weighted by molar-refractivity contribution is -0.126. The van der Waals surface area contributed by atoms with Gasteiger partial charge in [-0.3, -0.25) is 14.2 Å². The molecule has 9 nitrogen and oxygen atoms in total. The van der Waals surface area contributed by atoms with Gasteiger partial charge < -0.3 is 9.42 Å². The molecule has 0 unspecified atom stereocenters. The number of carbonyl (C=O) groups is 1. The minimum atomic E-state index is -4.19. The summed E-state index contributed by atoms with van der Waals surface area (Å²) in [6.45, 7) is 6.72. The smallest absolute Gasteiger partial charge is 0.266 e. The van der Waals surface area contributed by atoms with E-state index in [1.807, 2.05) is 19.2 Å². The number of halogens is 1. The second-order valence-corrected chi connectivity index (χ2v) is 9.70. The van der Waals surface area contributed by atoms with E-state index in [1.54, 1.807) is 15.6 Å². The molecule has 1 aliphatic rings. The van der Waals surface area contributed by atoms with E-state index in [0.717, 1.165) is 28.5 Å². The number of fused-ring (bicyclic) bond motifs is 2. The Bertz CT molecular complexity index is 1530. The number of hydrogen-bond donors (Lipinski definition) is 1. The predicted molar refractivity (Wildman–Crippen MR) is 122 cm³/mol. The monoisotopic (exact) mass is 481 g/mol. The topological polar surface area (TPSA) is 110 Å². The zero-order chi connectivity index (χ0) is 24.0. The highest BCUT2D eigenvalue weighted by molar-refractivity contribution is 7.92. The van der Waals surface area contributed by atoms with Crippen molar-refractivity contribution in [3.8, 4) is 0 Å². The van der Waals surface area contributed by atoms with E-state index < -0.39 is 20.7 Å². The van der Waals surface area contributed by atoms with Gasteiger partial charge in [-0.2, -0.15) is 5.10 Å². The summed E-state index contributed by atoms with van der Waals surface area (Å²) in [7, 11) is -4.19. The summed E-state index contributed by atoms with van der Waals surface area (Å²) in [5.74, 6) is -0.991. The maximum atomic E-state index is 14.0. The number of rotatable bonds is 6. The van der Waals surface area contributed by atoms with Crippen LogP contribution >= 0.6 is 0 Å². The molecule has 34 heavy (non-hydrogen) atoms. The predicted octanol–water partition coefficient (Wildman–Crippen LogP) is 3.35. The minimum Gasteiger partial charge on any atom is -0.354 e. The molecule has 0 radical (unpaired) electrons. The number of carbonyl (C=O) groups excluding carboxylic acids is 1. The number of nitrogens with one attached hydrogen (secondary N) is 1. The van der Waals surface area contributed by atoms with Crippen LogP contribution in [-0.2, 0) is 34.5 Å². The highest BCUT2D eigenvalue weighted by Crippen LogP contribution is 2.30. The van der Waals surface area contributed by atoms with Gasteiger partial charge in [-0.25, -0.2) is 12.8 Å². The van der Waals surface area contributed by atoms with Crippen molar-refractivity contribution in [1.82, 2.24) is 19.8 Å². The summed E-state index contributed by atoms with van der Waals surface area (Å²) in [6, 6.07) is 8.76. The molecule has 3 heterocycles. The largest absolute Gasteiger partial charge is 0.354 e. The number of benzene rings is 2. The fraction of sp³-hybridized carbons (Fsp3) is 0.174. The average molecular weight is 482 g/mol. The van der Waals surface area contributed by atoms with Crippen LogP contribution in [0.25, 0.3) is 11.0 Å². The van der Waals surface area contributed by atoms with Gasteiger partial charge in [0.2, 0.25) is 5.91 Å². The molecule has 2 aromatic carbocycles. The maximum Gasteiger partial charge on any atom is 0.266 e. The van der Waals surface area contributed by atoms with Crippen LogP contribution in [0.1, 0.15) is 22.4 Å². The zero-order valence-corrected chi connectivity index (χ0v) is 19.0. The van der Waals surface area contributed by atoms with Crippen LogP contribution in [0, 0.1) is 12.7 Å². The molecular formula is C23H20FN5O4S. The second-order valence-electron chi connectivity index (χ2n) is 8.05. The molecule has 0 bridgehead atoms. The van der Waals surface area contributed by atoms with Crippen molar-refractivity contribution >= 4 is 32.7 Å². The molecule has 0 spiro atoms.